The average Bonchev–Trinajstić information content (AvgIpc) is 2.64. The molecule has 0 fully saturated rings. The Kier molecular flexibility index (Phi) is 2.14. The quantitative estimate of drug-likeness (QED) is 0.722. The first-order chi connectivity index (χ1) is 6.81. The largest absolute Gasteiger partial charge is 0.461 e. The highest BCUT2D eigenvalue weighted by atomic mass is 16.5. The van der Waals surface area contributed by atoms with E-state index in [0.717, 1.165) is 5.52 Å². The first kappa shape index (κ1) is 8.68. The van der Waals surface area contributed by atoms with Crippen molar-refractivity contribution in [1.29, 1.82) is 0 Å². The lowest BCUT2D eigenvalue weighted by Crippen LogP contribution is -2.06. The topological polar surface area (TPSA) is 67.9 Å². The van der Waals surface area contributed by atoms with E-state index in [9.17, 15) is 4.79 Å². The first-order valence-electron chi connectivity index (χ1n) is 4.28. The molecule has 0 radical (unpaired) electrons. The Morgan fingerprint density at radius 1 is 1.57 bits per heavy atom. The lowest BCUT2D eigenvalue weighted by molar-refractivity contribution is 0.0520. The predicted octanol–water partition coefficient (Wildman–Crippen LogP) is 1.13. The van der Waals surface area contributed by atoms with Gasteiger partial charge in [-0.2, -0.15) is 0 Å². The Morgan fingerprint density at radius 3 is 3.21 bits per heavy atom. The monoisotopic (exact) mass is 191 g/mol. The Morgan fingerprint density at radius 2 is 2.43 bits per heavy atom. The lowest BCUT2D eigenvalue weighted by Gasteiger charge is -1.99. The van der Waals surface area contributed by atoms with Crippen molar-refractivity contribution in [2.24, 2.45) is 0 Å². The molecule has 0 saturated carbocycles. The van der Waals surface area contributed by atoms with Crippen LogP contribution >= 0.6 is 0 Å². The summed E-state index contributed by atoms with van der Waals surface area (Å²) in [5.41, 5.74) is 1.61. The molecule has 0 spiro atoms. The molecule has 72 valence electrons. The summed E-state index contributed by atoms with van der Waals surface area (Å²) in [4.78, 5) is 22.2. The molecule has 0 saturated heterocycles. The van der Waals surface area contributed by atoms with Gasteiger partial charge in [-0.05, 0) is 19.1 Å². The van der Waals surface area contributed by atoms with Gasteiger partial charge in [0, 0.05) is 0 Å². The summed E-state index contributed by atoms with van der Waals surface area (Å²) in [5.74, 6) is -0.419. The number of carbonyl (C=O) groups excluding carboxylic acids is 1. The molecule has 0 unspecified atom stereocenters. The molecule has 0 aromatic carbocycles. The van der Waals surface area contributed by atoms with E-state index in [2.05, 4.69) is 15.0 Å². The first-order valence-corrected chi connectivity index (χ1v) is 4.28. The number of pyridine rings is 1. The molecule has 0 aliphatic rings. The van der Waals surface area contributed by atoms with Gasteiger partial charge in [0.15, 0.2) is 11.3 Å². The fourth-order valence-corrected chi connectivity index (χ4v) is 1.14. The molecule has 2 heterocycles. The van der Waals surface area contributed by atoms with E-state index in [1.54, 1.807) is 19.1 Å². The second kappa shape index (κ2) is 3.45. The zero-order chi connectivity index (χ0) is 9.97. The number of nitrogens with zero attached hydrogens (tertiary/aromatic N) is 2. The zero-order valence-electron chi connectivity index (χ0n) is 7.65. The van der Waals surface area contributed by atoms with Gasteiger partial charge in [0.2, 0.25) is 0 Å². The summed E-state index contributed by atoms with van der Waals surface area (Å²) < 4.78 is 4.81. The van der Waals surface area contributed by atoms with Crippen LogP contribution in [0.3, 0.4) is 0 Å². The van der Waals surface area contributed by atoms with Crippen LogP contribution < -0.4 is 0 Å². The van der Waals surface area contributed by atoms with Crippen LogP contribution in [-0.4, -0.2) is 27.5 Å². The number of fused-ring (bicyclic) bond motifs is 1. The number of carbonyl (C=O) groups is 1. The van der Waals surface area contributed by atoms with Crippen LogP contribution in [0.1, 0.15) is 17.4 Å². The maximum Gasteiger partial charge on any atom is 0.357 e. The Hall–Kier alpha value is -1.91. The molecule has 5 heteroatoms. The van der Waals surface area contributed by atoms with Gasteiger partial charge in [-0.15, -0.1) is 0 Å². The van der Waals surface area contributed by atoms with Crippen molar-refractivity contribution in [2.45, 2.75) is 6.92 Å². The van der Waals surface area contributed by atoms with Crippen molar-refractivity contribution in [3.8, 4) is 0 Å². The molecule has 0 amide bonds. The summed E-state index contributed by atoms with van der Waals surface area (Å²) in [6, 6.07) is 3.36. The highest BCUT2D eigenvalue weighted by molar-refractivity contribution is 5.89. The highest BCUT2D eigenvalue weighted by Gasteiger charge is 2.09. The molecule has 0 aliphatic carbocycles. The third kappa shape index (κ3) is 1.44. The fraction of sp³-hybridized carbons (Fsp3) is 0.222. The summed E-state index contributed by atoms with van der Waals surface area (Å²) in [5, 5.41) is 0. The average molecular weight is 191 g/mol. The van der Waals surface area contributed by atoms with Gasteiger partial charge in [-0.3, -0.25) is 0 Å². The molecular formula is C9H9N3O2. The molecule has 14 heavy (non-hydrogen) atoms. The molecular weight excluding hydrogens is 182 g/mol. The number of esters is 1. The summed E-state index contributed by atoms with van der Waals surface area (Å²) in [6.45, 7) is 2.10. The molecule has 1 N–H and O–H groups in total. The Labute approximate surface area is 80.1 Å². The predicted molar refractivity (Wildman–Crippen MR) is 49.8 cm³/mol. The number of H-pyrrole nitrogens is 1. The Balaban J connectivity index is 2.38. The van der Waals surface area contributed by atoms with Crippen molar-refractivity contribution < 1.29 is 9.53 Å². The molecule has 5 nitrogen and oxygen atoms in total. The normalized spacial score (nSPS) is 10.4. The molecule has 0 aliphatic heterocycles. The van der Waals surface area contributed by atoms with E-state index in [4.69, 9.17) is 4.74 Å². The minimum Gasteiger partial charge on any atom is -0.461 e. The van der Waals surface area contributed by atoms with E-state index >= 15 is 0 Å². The van der Waals surface area contributed by atoms with Gasteiger partial charge in [0.1, 0.15) is 0 Å². The molecule has 2 aromatic heterocycles. The second-order valence-corrected chi connectivity index (χ2v) is 2.69. The van der Waals surface area contributed by atoms with Crippen molar-refractivity contribution in [3.05, 3.63) is 24.2 Å². The maximum atomic E-state index is 11.3. The van der Waals surface area contributed by atoms with Gasteiger partial charge in [0.05, 0.1) is 18.5 Å². The van der Waals surface area contributed by atoms with Crippen molar-refractivity contribution in [2.75, 3.05) is 6.61 Å². The molecule has 2 rings (SSSR count). The van der Waals surface area contributed by atoms with Gasteiger partial charge in [-0.1, -0.05) is 0 Å². The van der Waals surface area contributed by atoms with Gasteiger partial charge in [0.25, 0.3) is 0 Å². The smallest absolute Gasteiger partial charge is 0.357 e. The molecule has 0 bridgehead atoms. The number of aromatic nitrogens is 3. The van der Waals surface area contributed by atoms with Crippen LogP contribution in [0.5, 0.6) is 0 Å². The number of nitrogens with one attached hydrogen (secondary N) is 1. The lowest BCUT2D eigenvalue weighted by atomic mass is 10.3. The number of ether oxygens (including phenoxy) is 1. The standard InChI is InChI=1S/C9H9N3O2/c1-2-14-9(13)7-4-3-6-8(12-7)11-5-10-6/h3-5H,2H2,1H3,(H,10,11,12). The number of rotatable bonds is 2. The van der Waals surface area contributed by atoms with E-state index in [-0.39, 0.29) is 5.69 Å². The van der Waals surface area contributed by atoms with Crippen molar-refractivity contribution >= 4 is 17.1 Å². The Bertz CT molecular complexity index is 464. The van der Waals surface area contributed by atoms with E-state index in [1.807, 2.05) is 0 Å². The fourth-order valence-electron chi connectivity index (χ4n) is 1.14. The summed E-state index contributed by atoms with van der Waals surface area (Å²) >= 11 is 0. The van der Waals surface area contributed by atoms with Crippen LogP contribution in [0, 0.1) is 0 Å². The van der Waals surface area contributed by atoms with Crippen LogP contribution in [0.2, 0.25) is 0 Å². The van der Waals surface area contributed by atoms with E-state index in [0.29, 0.717) is 12.3 Å². The van der Waals surface area contributed by atoms with Crippen molar-refractivity contribution in [1.82, 2.24) is 15.0 Å². The van der Waals surface area contributed by atoms with E-state index < -0.39 is 5.97 Å². The van der Waals surface area contributed by atoms with Crippen LogP contribution in [0.4, 0.5) is 0 Å². The van der Waals surface area contributed by atoms with Gasteiger partial charge in [-0.25, -0.2) is 14.8 Å². The minimum absolute atomic E-state index is 0.284. The van der Waals surface area contributed by atoms with Crippen LogP contribution in [0.15, 0.2) is 18.5 Å². The van der Waals surface area contributed by atoms with Gasteiger partial charge >= 0.3 is 5.97 Å². The van der Waals surface area contributed by atoms with Crippen LogP contribution in [-0.2, 0) is 4.74 Å². The van der Waals surface area contributed by atoms with Gasteiger partial charge < -0.3 is 9.72 Å². The molecule has 2 aromatic rings. The summed E-state index contributed by atoms with van der Waals surface area (Å²) in [7, 11) is 0. The summed E-state index contributed by atoms with van der Waals surface area (Å²) in [6.07, 6.45) is 1.53. The second-order valence-electron chi connectivity index (χ2n) is 2.69. The number of hydrogen-bond acceptors (Lipinski definition) is 4. The number of hydrogen-bond donors (Lipinski definition) is 1. The number of imidazole rings is 1. The SMILES string of the molecule is CCOC(=O)c1ccc2[nH]cnc2n1. The van der Waals surface area contributed by atoms with Crippen LogP contribution in [0.25, 0.3) is 11.2 Å². The highest BCUT2D eigenvalue weighted by Crippen LogP contribution is 2.07. The third-order valence-corrected chi connectivity index (χ3v) is 1.77. The van der Waals surface area contributed by atoms with Crippen molar-refractivity contribution in [3.63, 3.8) is 0 Å². The minimum atomic E-state index is -0.419. The van der Waals surface area contributed by atoms with E-state index in [1.165, 1.54) is 6.33 Å². The molecule has 0 atom stereocenters. The number of aromatic amines is 1. The zero-order valence-corrected chi connectivity index (χ0v) is 7.65. The third-order valence-electron chi connectivity index (χ3n) is 1.77. The maximum absolute atomic E-state index is 11.3.